The van der Waals surface area contributed by atoms with Crippen molar-refractivity contribution < 1.29 is 0 Å². The molecule has 1 aromatic heterocycles. The molecule has 0 aliphatic rings. The fraction of sp³-hybridized carbons (Fsp3) is 0.300. The van der Waals surface area contributed by atoms with E-state index in [1.54, 1.807) is 0 Å². The number of rotatable bonds is 3. The van der Waals surface area contributed by atoms with Gasteiger partial charge in [-0.15, -0.1) is 11.8 Å². The zero-order valence-electron chi connectivity index (χ0n) is 7.91. The number of nitrogens with zero attached hydrogens (tertiary/aromatic N) is 3. The lowest BCUT2D eigenvalue weighted by molar-refractivity contribution is 1.05. The van der Waals surface area contributed by atoms with E-state index in [9.17, 15) is 0 Å². The minimum atomic E-state index is 0.323. The van der Waals surface area contributed by atoms with Gasteiger partial charge in [-0.25, -0.2) is 9.97 Å². The molecule has 0 atom stereocenters. The summed E-state index contributed by atoms with van der Waals surface area (Å²) in [5.41, 5.74) is 0.323. The van der Waals surface area contributed by atoms with E-state index < -0.39 is 0 Å². The van der Waals surface area contributed by atoms with Crippen molar-refractivity contribution in [3.63, 3.8) is 0 Å². The molecule has 0 saturated heterocycles. The number of nitriles is 1. The number of anilines is 1. The van der Waals surface area contributed by atoms with Crippen LogP contribution in [0, 0.1) is 23.2 Å². The second-order valence-corrected chi connectivity index (χ2v) is 2.50. The van der Waals surface area contributed by atoms with E-state index in [0.717, 1.165) is 13.0 Å². The van der Waals surface area contributed by atoms with Crippen molar-refractivity contribution in [1.82, 2.24) is 9.97 Å². The zero-order valence-corrected chi connectivity index (χ0v) is 7.91. The third-order valence-electron chi connectivity index (χ3n) is 1.50. The molecule has 4 heteroatoms. The van der Waals surface area contributed by atoms with Crippen molar-refractivity contribution in [2.75, 3.05) is 11.9 Å². The number of hydrogen-bond donors (Lipinski definition) is 1. The Morgan fingerprint density at radius 2 is 2.29 bits per heavy atom. The van der Waals surface area contributed by atoms with Crippen molar-refractivity contribution in [3.8, 4) is 17.9 Å². The lowest BCUT2D eigenvalue weighted by atomic mass is 10.4. The van der Waals surface area contributed by atoms with Crippen molar-refractivity contribution in [2.24, 2.45) is 0 Å². The lowest BCUT2D eigenvalue weighted by Gasteiger charge is -2.00. The van der Waals surface area contributed by atoms with E-state index in [0.29, 0.717) is 11.5 Å². The molecule has 70 valence electrons. The normalized spacial score (nSPS) is 8.29. The van der Waals surface area contributed by atoms with Gasteiger partial charge in [0.05, 0.1) is 12.4 Å². The monoisotopic (exact) mass is 186 g/mol. The molecule has 0 bridgehead atoms. The largest absolute Gasteiger partial charge is 0.368 e. The molecule has 1 aromatic rings. The molecule has 0 unspecified atom stereocenters. The Morgan fingerprint density at radius 1 is 1.43 bits per heavy atom. The van der Waals surface area contributed by atoms with Crippen LogP contribution in [0.25, 0.3) is 0 Å². The predicted octanol–water partition coefficient (Wildman–Crippen LogP) is 1.17. The molecule has 0 aliphatic heterocycles. The minimum Gasteiger partial charge on any atom is -0.368 e. The van der Waals surface area contributed by atoms with Gasteiger partial charge in [-0.3, -0.25) is 0 Å². The molecule has 0 fully saturated rings. The summed E-state index contributed by atoms with van der Waals surface area (Å²) in [6.45, 7) is 2.54. The van der Waals surface area contributed by atoms with Gasteiger partial charge in [-0.05, 0) is 6.92 Å². The molecule has 0 aliphatic carbocycles. The molecule has 1 heterocycles. The van der Waals surface area contributed by atoms with E-state index in [1.165, 1.54) is 12.4 Å². The third-order valence-corrected chi connectivity index (χ3v) is 1.50. The second-order valence-electron chi connectivity index (χ2n) is 2.50. The topological polar surface area (TPSA) is 61.6 Å². The van der Waals surface area contributed by atoms with Gasteiger partial charge in [0.2, 0.25) is 0 Å². The third kappa shape index (κ3) is 3.12. The van der Waals surface area contributed by atoms with E-state index >= 15 is 0 Å². The van der Waals surface area contributed by atoms with Gasteiger partial charge in [0.1, 0.15) is 11.9 Å². The maximum atomic E-state index is 8.48. The van der Waals surface area contributed by atoms with Crippen LogP contribution < -0.4 is 5.32 Å². The smallest absolute Gasteiger partial charge is 0.158 e. The molecule has 0 saturated carbocycles. The molecule has 0 aromatic carbocycles. The second kappa shape index (κ2) is 5.55. The summed E-state index contributed by atoms with van der Waals surface area (Å²) in [6.07, 6.45) is 3.75. The zero-order chi connectivity index (χ0) is 10.2. The van der Waals surface area contributed by atoms with Crippen LogP contribution in [0.15, 0.2) is 12.4 Å². The van der Waals surface area contributed by atoms with Gasteiger partial charge >= 0.3 is 0 Å². The molecule has 4 nitrogen and oxygen atoms in total. The van der Waals surface area contributed by atoms with Crippen LogP contribution in [-0.4, -0.2) is 16.5 Å². The highest BCUT2D eigenvalue weighted by Gasteiger charge is 1.94. The summed E-state index contributed by atoms with van der Waals surface area (Å²) >= 11 is 0. The highest BCUT2D eigenvalue weighted by Crippen LogP contribution is 1.99. The Labute approximate surface area is 83.0 Å². The van der Waals surface area contributed by atoms with Crippen LogP contribution in [0.4, 0.5) is 5.82 Å². The summed E-state index contributed by atoms with van der Waals surface area (Å²) in [4.78, 5) is 7.88. The van der Waals surface area contributed by atoms with Gasteiger partial charge < -0.3 is 5.32 Å². The summed E-state index contributed by atoms with van der Waals surface area (Å²) in [6, 6.07) is 1.91. The first-order chi connectivity index (χ1) is 6.86. The van der Waals surface area contributed by atoms with Crippen LogP contribution in [0.1, 0.15) is 19.0 Å². The summed E-state index contributed by atoms with van der Waals surface area (Å²) in [7, 11) is 0. The van der Waals surface area contributed by atoms with Gasteiger partial charge in [-0.2, -0.15) is 5.26 Å². The van der Waals surface area contributed by atoms with E-state index in [-0.39, 0.29) is 0 Å². The Kier molecular flexibility index (Phi) is 3.97. The molecular weight excluding hydrogens is 176 g/mol. The number of nitrogens with one attached hydrogen (secondary N) is 1. The Balaban J connectivity index is 2.43. The van der Waals surface area contributed by atoms with Crippen molar-refractivity contribution in [1.29, 1.82) is 5.26 Å². The predicted molar refractivity (Wildman–Crippen MR) is 53.3 cm³/mol. The van der Waals surface area contributed by atoms with Crippen LogP contribution in [0.2, 0.25) is 0 Å². The highest BCUT2D eigenvalue weighted by molar-refractivity contribution is 5.33. The Bertz CT molecular complexity index is 377. The van der Waals surface area contributed by atoms with Crippen molar-refractivity contribution in [3.05, 3.63) is 18.1 Å². The molecular formula is C10H10N4. The summed E-state index contributed by atoms with van der Waals surface area (Å²) < 4.78 is 0. The average molecular weight is 186 g/mol. The first-order valence-corrected chi connectivity index (χ1v) is 4.22. The Hall–Kier alpha value is -2.07. The Morgan fingerprint density at radius 3 is 2.86 bits per heavy atom. The van der Waals surface area contributed by atoms with Crippen LogP contribution >= 0.6 is 0 Å². The van der Waals surface area contributed by atoms with Gasteiger partial charge in [0, 0.05) is 13.0 Å². The SMILES string of the molecule is CC#CCCNc1cnc(C#N)cn1. The molecule has 1 N–H and O–H groups in total. The quantitative estimate of drug-likeness (QED) is 0.568. The first-order valence-electron chi connectivity index (χ1n) is 4.22. The fourth-order valence-corrected chi connectivity index (χ4v) is 0.855. The van der Waals surface area contributed by atoms with E-state index in [2.05, 4.69) is 27.1 Å². The molecule has 0 amide bonds. The summed E-state index contributed by atoms with van der Waals surface area (Å²) in [5.74, 6) is 6.40. The standard InChI is InChI=1S/C10H10N4/c1-2-3-4-5-12-10-8-13-9(6-11)7-14-10/h7-8H,4-5H2,1H3,(H,12,14). The maximum Gasteiger partial charge on any atom is 0.158 e. The van der Waals surface area contributed by atoms with Gasteiger partial charge in [0.25, 0.3) is 0 Å². The highest BCUT2D eigenvalue weighted by atomic mass is 15.0. The van der Waals surface area contributed by atoms with Gasteiger partial charge in [-0.1, -0.05) is 0 Å². The lowest BCUT2D eigenvalue weighted by Crippen LogP contribution is -2.03. The van der Waals surface area contributed by atoms with Crippen molar-refractivity contribution in [2.45, 2.75) is 13.3 Å². The molecule has 14 heavy (non-hydrogen) atoms. The minimum absolute atomic E-state index is 0.323. The van der Waals surface area contributed by atoms with Crippen LogP contribution in [-0.2, 0) is 0 Å². The maximum absolute atomic E-state index is 8.48. The number of aromatic nitrogens is 2. The molecule has 0 spiro atoms. The van der Waals surface area contributed by atoms with Crippen LogP contribution in [0.5, 0.6) is 0 Å². The molecule has 1 rings (SSSR count). The van der Waals surface area contributed by atoms with Crippen molar-refractivity contribution >= 4 is 5.82 Å². The fourth-order valence-electron chi connectivity index (χ4n) is 0.855. The van der Waals surface area contributed by atoms with Crippen LogP contribution in [0.3, 0.4) is 0 Å². The van der Waals surface area contributed by atoms with E-state index in [4.69, 9.17) is 5.26 Å². The summed E-state index contributed by atoms with van der Waals surface area (Å²) in [5, 5.41) is 11.5. The van der Waals surface area contributed by atoms with E-state index in [1.807, 2.05) is 13.0 Å². The number of hydrogen-bond acceptors (Lipinski definition) is 4. The van der Waals surface area contributed by atoms with Gasteiger partial charge in [0.15, 0.2) is 5.69 Å². The molecule has 0 radical (unpaired) electrons. The first kappa shape index (κ1) is 10.0. The average Bonchev–Trinajstić information content (AvgIpc) is 2.25.